The Bertz CT molecular complexity index is 998. The Morgan fingerprint density at radius 1 is 1.17 bits per heavy atom. The minimum absolute atomic E-state index is 0.165. The fourth-order valence-corrected chi connectivity index (χ4v) is 3.97. The fraction of sp³-hybridized carbons (Fsp3) is 0.333. The molecule has 4 rings (SSSR count). The number of nitrogen functional groups attached to an aromatic ring is 2. The fourth-order valence-electron chi connectivity index (χ4n) is 3.75. The minimum atomic E-state index is 0.165. The second kappa shape index (κ2) is 8.82. The zero-order valence-corrected chi connectivity index (χ0v) is 16.9. The molecule has 1 atom stereocenters. The van der Waals surface area contributed by atoms with Crippen molar-refractivity contribution in [3.8, 4) is 5.75 Å². The molecule has 5 N–H and O–H groups in total. The van der Waals surface area contributed by atoms with E-state index in [0.29, 0.717) is 35.1 Å². The molecule has 1 fully saturated rings. The molecule has 1 aliphatic heterocycles. The number of rotatable bonds is 6. The number of nitrogens with two attached hydrogens (primary N) is 2. The lowest BCUT2D eigenvalue weighted by atomic mass is 10.1. The number of nitrogens with one attached hydrogen (secondary N) is 1. The number of benzene rings is 2. The molecule has 2 aromatic carbocycles. The molecular formula is C21H25ClN6O. The van der Waals surface area contributed by atoms with Crippen molar-refractivity contribution in [3.05, 3.63) is 53.1 Å². The highest BCUT2D eigenvalue weighted by Crippen LogP contribution is 2.29. The van der Waals surface area contributed by atoms with E-state index in [2.05, 4.69) is 26.3 Å². The first-order valence-corrected chi connectivity index (χ1v) is 10.1. The van der Waals surface area contributed by atoms with Crippen molar-refractivity contribution >= 4 is 34.3 Å². The largest absolute Gasteiger partial charge is 0.493 e. The van der Waals surface area contributed by atoms with Crippen LogP contribution in [-0.2, 0) is 6.54 Å². The van der Waals surface area contributed by atoms with Gasteiger partial charge in [0, 0.05) is 37.2 Å². The Hall–Kier alpha value is -2.61. The van der Waals surface area contributed by atoms with Gasteiger partial charge < -0.3 is 21.5 Å². The van der Waals surface area contributed by atoms with E-state index in [9.17, 15) is 0 Å². The Balaban J connectivity index is 1.34. The molecule has 1 aliphatic rings. The van der Waals surface area contributed by atoms with Crippen molar-refractivity contribution in [2.75, 3.05) is 37.7 Å². The third kappa shape index (κ3) is 4.87. The molecule has 0 amide bonds. The number of hydrogen-bond donors (Lipinski definition) is 3. The van der Waals surface area contributed by atoms with E-state index in [0.717, 1.165) is 37.6 Å². The molecule has 0 saturated carbocycles. The van der Waals surface area contributed by atoms with Crippen LogP contribution in [0.15, 0.2) is 42.5 Å². The molecule has 1 aromatic heterocycles. The molecule has 0 radical (unpaired) electrons. The molecule has 0 bridgehead atoms. The predicted octanol–water partition coefficient (Wildman–Crippen LogP) is 2.69. The molecule has 7 nitrogen and oxygen atoms in total. The SMILES string of the molecule is Nc1nc(N)c2c(OCCC3CN(Cc4cccc(Cl)c4)CCN3)cccc2n1. The Kier molecular flexibility index (Phi) is 5.99. The van der Waals surface area contributed by atoms with Gasteiger partial charge in [0.2, 0.25) is 5.95 Å². The maximum absolute atomic E-state index is 6.11. The van der Waals surface area contributed by atoms with Gasteiger partial charge in [-0.25, -0.2) is 4.98 Å². The second-order valence-corrected chi connectivity index (χ2v) is 7.71. The van der Waals surface area contributed by atoms with Gasteiger partial charge in [-0.05, 0) is 36.2 Å². The summed E-state index contributed by atoms with van der Waals surface area (Å²) in [5, 5.41) is 5.06. The van der Waals surface area contributed by atoms with Crippen molar-refractivity contribution in [3.63, 3.8) is 0 Å². The first-order chi connectivity index (χ1) is 14.1. The van der Waals surface area contributed by atoms with Crippen molar-refractivity contribution in [1.29, 1.82) is 0 Å². The van der Waals surface area contributed by atoms with Crippen LogP contribution in [-0.4, -0.2) is 47.2 Å². The molecular weight excluding hydrogens is 388 g/mol. The summed E-state index contributed by atoms with van der Waals surface area (Å²) in [6.07, 6.45) is 0.887. The van der Waals surface area contributed by atoms with Gasteiger partial charge in [-0.3, -0.25) is 4.90 Å². The summed E-state index contributed by atoms with van der Waals surface area (Å²) in [4.78, 5) is 10.7. The van der Waals surface area contributed by atoms with E-state index in [4.69, 9.17) is 27.8 Å². The average Bonchev–Trinajstić information content (AvgIpc) is 2.68. The molecule has 152 valence electrons. The van der Waals surface area contributed by atoms with E-state index in [1.165, 1.54) is 5.56 Å². The quantitative estimate of drug-likeness (QED) is 0.572. The topological polar surface area (TPSA) is 102 Å². The Morgan fingerprint density at radius 2 is 2.03 bits per heavy atom. The van der Waals surface area contributed by atoms with Crippen LogP contribution >= 0.6 is 11.6 Å². The van der Waals surface area contributed by atoms with Gasteiger partial charge in [-0.1, -0.05) is 29.8 Å². The van der Waals surface area contributed by atoms with Crippen LogP contribution in [0, 0.1) is 0 Å². The molecule has 8 heteroatoms. The summed E-state index contributed by atoms with van der Waals surface area (Å²) in [7, 11) is 0. The number of nitrogens with zero attached hydrogens (tertiary/aromatic N) is 3. The van der Waals surface area contributed by atoms with Crippen molar-refractivity contribution in [2.24, 2.45) is 0 Å². The lowest BCUT2D eigenvalue weighted by Gasteiger charge is -2.33. The molecule has 1 saturated heterocycles. The number of halogens is 1. The highest BCUT2D eigenvalue weighted by molar-refractivity contribution is 6.30. The van der Waals surface area contributed by atoms with E-state index in [1.54, 1.807) is 0 Å². The Labute approximate surface area is 175 Å². The van der Waals surface area contributed by atoms with E-state index >= 15 is 0 Å². The van der Waals surface area contributed by atoms with E-state index < -0.39 is 0 Å². The Morgan fingerprint density at radius 3 is 2.90 bits per heavy atom. The van der Waals surface area contributed by atoms with Crippen LogP contribution in [0.3, 0.4) is 0 Å². The van der Waals surface area contributed by atoms with E-state index in [-0.39, 0.29) is 5.95 Å². The van der Waals surface area contributed by atoms with Crippen molar-refractivity contribution < 1.29 is 4.74 Å². The average molecular weight is 413 g/mol. The zero-order chi connectivity index (χ0) is 20.2. The summed E-state index contributed by atoms with van der Waals surface area (Å²) < 4.78 is 6.04. The summed E-state index contributed by atoms with van der Waals surface area (Å²) in [6.45, 7) is 4.42. The predicted molar refractivity (Wildman–Crippen MR) is 117 cm³/mol. The van der Waals surface area contributed by atoms with Crippen LogP contribution in [0.1, 0.15) is 12.0 Å². The van der Waals surface area contributed by atoms with Gasteiger partial charge in [0.05, 0.1) is 17.5 Å². The highest BCUT2D eigenvalue weighted by atomic mass is 35.5. The third-order valence-corrected chi connectivity index (χ3v) is 5.32. The monoisotopic (exact) mass is 412 g/mol. The summed E-state index contributed by atoms with van der Waals surface area (Å²) in [5.41, 5.74) is 13.6. The number of ether oxygens (including phenoxy) is 1. The number of anilines is 2. The smallest absolute Gasteiger partial charge is 0.222 e. The molecule has 0 spiro atoms. The van der Waals surface area contributed by atoms with Crippen LogP contribution < -0.4 is 21.5 Å². The van der Waals surface area contributed by atoms with Gasteiger partial charge in [-0.2, -0.15) is 4.98 Å². The molecule has 2 heterocycles. The minimum Gasteiger partial charge on any atom is -0.493 e. The highest BCUT2D eigenvalue weighted by Gasteiger charge is 2.19. The summed E-state index contributed by atoms with van der Waals surface area (Å²) in [5.74, 6) is 1.19. The summed E-state index contributed by atoms with van der Waals surface area (Å²) >= 11 is 6.11. The lowest BCUT2D eigenvalue weighted by Crippen LogP contribution is -2.50. The normalized spacial score (nSPS) is 17.5. The van der Waals surface area contributed by atoms with Gasteiger partial charge >= 0.3 is 0 Å². The number of aromatic nitrogens is 2. The van der Waals surface area contributed by atoms with Crippen LogP contribution in [0.5, 0.6) is 5.75 Å². The number of piperazine rings is 1. The number of hydrogen-bond acceptors (Lipinski definition) is 7. The lowest BCUT2D eigenvalue weighted by molar-refractivity contribution is 0.172. The number of fused-ring (bicyclic) bond motifs is 1. The molecule has 3 aromatic rings. The second-order valence-electron chi connectivity index (χ2n) is 7.27. The van der Waals surface area contributed by atoms with Gasteiger partial charge in [0.1, 0.15) is 11.6 Å². The van der Waals surface area contributed by atoms with Gasteiger partial charge in [0.25, 0.3) is 0 Å². The van der Waals surface area contributed by atoms with Crippen LogP contribution in [0.25, 0.3) is 10.9 Å². The van der Waals surface area contributed by atoms with Gasteiger partial charge in [0.15, 0.2) is 0 Å². The van der Waals surface area contributed by atoms with E-state index in [1.807, 2.05) is 36.4 Å². The van der Waals surface area contributed by atoms with Gasteiger partial charge in [-0.15, -0.1) is 0 Å². The first kappa shape index (κ1) is 19.7. The zero-order valence-electron chi connectivity index (χ0n) is 16.1. The third-order valence-electron chi connectivity index (χ3n) is 5.09. The molecule has 29 heavy (non-hydrogen) atoms. The molecule has 1 unspecified atom stereocenters. The first-order valence-electron chi connectivity index (χ1n) is 9.73. The van der Waals surface area contributed by atoms with Crippen LogP contribution in [0.4, 0.5) is 11.8 Å². The summed E-state index contributed by atoms with van der Waals surface area (Å²) in [6, 6.07) is 14.0. The standard InChI is InChI=1S/C21H25ClN6O/c22-15-4-1-3-14(11-15)12-28-9-8-25-16(13-28)7-10-29-18-6-2-5-17-19(18)20(23)27-21(24)26-17/h1-6,11,16,25H,7-10,12-13H2,(H4,23,24,26,27). The maximum atomic E-state index is 6.11. The van der Waals surface area contributed by atoms with Crippen molar-refractivity contribution in [1.82, 2.24) is 20.2 Å². The van der Waals surface area contributed by atoms with Crippen LogP contribution in [0.2, 0.25) is 5.02 Å². The maximum Gasteiger partial charge on any atom is 0.222 e. The van der Waals surface area contributed by atoms with Crippen molar-refractivity contribution in [2.45, 2.75) is 19.0 Å². The molecule has 0 aliphatic carbocycles.